The molecule has 0 aliphatic rings. The third kappa shape index (κ3) is 3.63. The number of carbonyl (C=O) groups is 2. The number of azo groups is 1. The Morgan fingerprint density at radius 2 is 1.29 bits per heavy atom. The summed E-state index contributed by atoms with van der Waals surface area (Å²) in [7, 11) is 0. The number of carboxylic acids is 2. The maximum atomic E-state index is 11.0. The number of benzene rings is 2. The maximum Gasteiger partial charge on any atom is 0.335 e. The average Bonchev–Trinajstić information content (AvgIpc) is 2.46. The molecule has 0 radical (unpaired) electrons. The number of nitrogens with zero attached hydrogens (tertiary/aromatic N) is 2. The fourth-order valence-corrected chi connectivity index (χ4v) is 1.57. The first-order chi connectivity index (χ1) is 9.95. The minimum absolute atomic E-state index is 0.143. The molecule has 0 fully saturated rings. The van der Waals surface area contributed by atoms with Crippen LogP contribution in [0, 0.1) is 0 Å². The Hall–Kier alpha value is -3.22. The summed E-state index contributed by atoms with van der Waals surface area (Å²) in [4.78, 5) is 21.9. The van der Waals surface area contributed by atoms with E-state index in [1.807, 2.05) is 0 Å². The molecule has 0 aliphatic carbocycles. The number of rotatable bonds is 4. The molecule has 0 unspecified atom stereocenters. The van der Waals surface area contributed by atoms with Crippen LogP contribution in [0.5, 0.6) is 0 Å². The van der Waals surface area contributed by atoms with Crippen LogP contribution in [0.25, 0.3) is 0 Å². The van der Waals surface area contributed by atoms with Crippen molar-refractivity contribution >= 4 is 29.0 Å². The van der Waals surface area contributed by atoms with E-state index in [0.29, 0.717) is 11.4 Å². The van der Waals surface area contributed by atoms with E-state index in [1.54, 1.807) is 24.3 Å². The second kappa shape index (κ2) is 5.83. The van der Waals surface area contributed by atoms with Gasteiger partial charge in [0.25, 0.3) is 0 Å². The van der Waals surface area contributed by atoms with Crippen LogP contribution in [0.3, 0.4) is 0 Å². The lowest BCUT2D eigenvalue weighted by atomic mass is 10.1. The van der Waals surface area contributed by atoms with Crippen molar-refractivity contribution < 1.29 is 19.8 Å². The molecule has 2 aromatic rings. The number of nitrogen functional groups attached to an aromatic ring is 1. The zero-order chi connectivity index (χ0) is 15.4. The summed E-state index contributed by atoms with van der Waals surface area (Å²) >= 11 is 0. The van der Waals surface area contributed by atoms with Gasteiger partial charge in [-0.2, -0.15) is 10.2 Å². The van der Waals surface area contributed by atoms with Gasteiger partial charge in [0.2, 0.25) is 0 Å². The van der Waals surface area contributed by atoms with Gasteiger partial charge in [-0.15, -0.1) is 0 Å². The zero-order valence-corrected chi connectivity index (χ0v) is 10.7. The number of hydrogen-bond acceptors (Lipinski definition) is 5. The molecular formula is C14H11N3O4. The summed E-state index contributed by atoms with van der Waals surface area (Å²) in [5, 5.41) is 25.7. The van der Waals surface area contributed by atoms with E-state index in [-0.39, 0.29) is 16.8 Å². The van der Waals surface area contributed by atoms with E-state index in [2.05, 4.69) is 10.2 Å². The zero-order valence-electron chi connectivity index (χ0n) is 10.7. The molecule has 106 valence electrons. The largest absolute Gasteiger partial charge is 0.478 e. The molecule has 21 heavy (non-hydrogen) atoms. The summed E-state index contributed by atoms with van der Waals surface area (Å²) in [5.41, 5.74) is 6.44. The van der Waals surface area contributed by atoms with Crippen LogP contribution in [0.1, 0.15) is 20.7 Å². The minimum Gasteiger partial charge on any atom is -0.478 e. The van der Waals surface area contributed by atoms with Gasteiger partial charge in [-0.25, -0.2) is 9.59 Å². The standard InChI is InChI=1S/C14H11N3O4/c15-10-1-3-11(4-2-10)16-17-12-6-8(13(18)19)5-9(7-12)14(20)21/h1-7H,15H2,(H,18,19)(H,20,21)/b17-16+. The van der Waals surface area contributed by atoms with Crippen molar-refractivity contribution in [2.45, 2.75) is 0 Å². The van der Waals surface area contributed by atoms with Crippen molar-refractivity contribution in [3.8, 4) is 0 Å². The van der Waals surface area contributed by atoms with Crippen molar-refractivity contribution in [1.29, 1.82) is 0 Å². The Bertz CT molecular complexity index is 691. The van der Waals surface area contributed by atoms with Gasteiger partial charge >= 0.3 is 11.9 Å². The van der Waals surface area contributed by atoms with Gasteiger partial charge < -0.3 is 15.9 Å². The topological polar surface area (TPSA) is 125 Å². The van der Waals surface area contributed by atoms with Gasteiger partial charge in [0, 0.05) is 5.69 Å². The number of carboxylic acid groups (broad SMARTS) is 2. The monoisotopic (exact) mass is 285 g/mol. The van der Waals surface area contributed by atoms with E-state index in [0.717, 1.165) is 6.07 Å². The molecule has 2 aromatic carbocycles. The van der Waals surface area contributed by atoms with Crippen molar-refractivity contribution in [2.75, 3.05) is 5.73 Å². The molecule has 0 atom stereocenters. The van der Waals surface area contributed by atoms with E-state index in [1.165, 1.54) is 12.1 Å². The molecule has 7 nitrogen and oxygen atoms in total. The molecule has 0 saturated heterocycles. The van der Waals surface area contributed by atoms with E-state index >= 15 is 0 Å². The highest BCUT2D eigenvalue weighted by molar-refractivity contribution is 5.95. The lowest BCUT2D eigenvalue weighted by molar-refractivity contribution is 0.0696. The van der Waals surface area contributed by atoms with Gasteiger partial charge in [0.05, 0.1) is 22.5 Å². The fourth-order valence-electron chi connectivity index (χ4n) is 1.57. The molecule has 7 heteroatoms. The molecule has 2 rings (SSSR count). The van der Waals surface area contributed by atoms with Crippen LogP contribution in [-0.4, -0.2) is 22.2 Å². The van der Waals surface area contributed by atoms with Crippen molar-refractivity contribution in [1.82, 2.24) is 0 Å². The van der Waals surface area contributed by atoms with Gasteiger partial charge in [0.15, 0.2) is 0 Å². The average molecular weight is 285 g/mol. The van der Waals surface area contributed by atoms with E-state index in [9.17, 15) is 9.59 Å². The lowest BCUT2D eigenvalue weighted by Crippen LogP contribution is -2.01. The second-order valence-electron chi connectivity index (χ2n) is 4.17. The molecule has 0 spiro atoms. The maximum absolute atomic E-state index is 11.0. The van der Waals surface area contributed by atoms with Crippen LogP contribution in [0.2, 0.25) is 0 Å². The Balaban J connectivity index is 2.36. The van der Waals surface area contributed by atoms with Crippen LogP contribution in [0.4, 0.5) is 17.1 Å². The van der Waals surface area contributed by atoms with Crippen LogP contribution < -0.4 is 5.73 Å². The Kier molecular flexibility index (Phi) is 3.94. The van der Waals surface area contributed by atoms with Crippen LogP contribution in [0.15, 0.2) is 52.7 Å². The summed E-state index contributed by atoms with van der Waals surface area (Å²) < 4.78 is 0. The molecule has 0 saturated carbocycles. The number of aromatic carboxylic acids is 2. The highest BCUT2D eigenvalue weighted by Crippen LogP contribution is 2.22. The highest BCUT2D eigenvalue weighted by atomic mass is 16.4. The first kappa shape index (κ1) is 14.2. The van der Waals surface area contributed by atoms with Crippen molar-refractivity contribution in [3.63, 3.8) is 0 Å². The van der Waals surface area contributed by atoms with Gasteiger partial charge in [0.1, 0.15) is 0 Å². The first-order valence-corrected chi connectivity index (χ1v) is 5.84. The van der Waals surface area contributed by atoms with Crippen molar-refractivity contribution in [3.05, 3.63) is 53.6 Å². The second-order valence-corrected chi connectivity index (χ2v) is 4.17. The fraction of sp³-hybridized carbons (Fsp3) is 0. The summed E-state index contributed by atoms with van der Waals surface area (Å²) in [5.74, 6) is -2.47. The summed E-state index contributed by atoms with van der Waals surface area (Å²) in [6.45, 7) is 0. The number of hydrogen-bond donors (Lipinski definition) is 3. The predicted octanol–water partition coefficient (Wildman–Crippen LogP) is 3.08. The Morgan fingerprint density at radius 1 is 0.810 bits per heavy atom. The molecule has 0 heterocycles. The molecule has 4 N–H and O–H groups in total. The summed E-state index contributed by atoms with van der Waals surface area (Å²) in [6, 6.07) is 10.1. The molecule has 0 amide bonds. The Labute approximate surface area is 119 Å². The SMILES string of the molecule is Nc1ccc(/N=N/c2cc(C(=O)O)cc(C(=O)O)c2)cc1. The summed E-state index contributed by atoms with van der Waals surface area (Å²) in [6.07, 6.45) is 0. The molecule has 0 aromatic heterocycles. The normalized spacial score (nSPS) is 10.7. The van der Waals surface area contributed by atoms with E-state index < -0.39 is 11.9 Å². The van der Waals surface area contributed by atoms with Gasteiger partial charge in [-0.1, -0.05) is 0 Å². The highest BCUT2D eigenvalue weighted by Gasteiger charge is 2.11. The molecular weight excluding hydrogens is 274 g/mol. The smallest absolute Gasteiger partial charge is 0.335 e. The lowest BCUT2D eigenvalue weighted by Gasteiger charge is -2.00. The molecule has 0 bridgehead atoms. The third-order valence-electron chi connectivity index (χ3n) is 2.59. The number of nitrogens with two attached hydrogens (primary N) is 1. The molecule has 0 aliphatic heterocycles. The quantitative estimate of drug-likeness (QED) is 0.587. The first-order valence-electron chi connectivity index (χ1n) is 5.84. The Morgan fingerprint density at radius 3 is 1.76 bits per heavy atom. The minimum atomic E-state index is -1.23. The van der Waals surface area contributed by atoms with Crippen LogP contribution >= 0.6 is 0 Å². The van der Waals surface area contributed by atoms with Crippen LogP contribution in [-0.2, 0) is 0 Å². The van der Waals surface area contributed by atoms with Gasteiger partial charge in [-0.05, 0) is 42.5 Å². The van der Waals surface area contributed by atoms with Crippen molar-refractivity contribution in [2.24, 2.45) is 10.2 Å². The number of anilines is 1. The van der Waals surface area contributed by atoms with E-state index in [4.69, 9.17) is 15.9 Å². The van der Waals surface area contributed by atoms with Gasteiger partial charge in [-0.3, -0.25) is 0 Å². The third-order valence-corrected chi connectivity index (χ3v) is 2.59. The predicted molar refractivity (Wildman–Crippen MR) is 75.4 cm³/mol.